The summed E-state index contributed by atoms with van der Waals surface area (Å²) < 4.78 is 5.28. The summed E-state index contributed by atoms with van der Waals surface area (Å²) in [7, 11) is 0. The Hall–Kier alpha value is -2.01. The van der Waals surface area contributed by atoms with Crippen molar-refractivity contribution in [3.63, 3.8) is 0 Å². The number of carbonyl (C=O) groups excluding carboxylic acids is 1. The molecule has 0 radical (unpaired) electrons. The Morgan fingerprint density at radius 3 is 2.42 bits per heavy atom. The number of carbonyl (C=O) groups is 1. The molecule has 0 saturated carbocycles. The highest BCUT2D eigenvalue weighted by atomic mass is 35.5. The molecule has 0 fully saturated rings. The predicted octanol–water partition coefficient (Wildman–Crippen LogP) is 5.23. The lowest BCUT2D eigenvalue weighted by Gasteiger charge is -2.05. The second-order valence-electron chi connectivity index (χ2n) is 5.00. The van der Waals surface area contributed by atoms with Crippen LogP contribution in [-0.4, -0.2) is 11.1 Å². The van der Waals surface area contributed by atoms with E-state index in [1.165, 1.54) is 6.07 Å². The van der Waals surface area contributed by atoms with Gasteiger partial charge < -0.3 is 9.84 Å². The summed E-state index contributed by atoms with van der Waals surface area (Å²) in [5.74, 6) is 0.285. The van der Waals surface area contributed by atoms with Crippen LogP contribution in [0.4, 0.5) is 0 Å². The predicted molar refractivity (Wildman–Crippen MR) is 94.6 cm³/mol. The fourth-order valence-corrected chi connectivity index (χ4v) is 2.71. The van der Waals surface area contributed by atoms with Crippen molar-refractivity contribution in [3.8, 4) is 11.3 Å². The van der Waals surface area contributed by atoms with Crippen molar-refractivity contribution >= 4 is 40.7 Å². The molecule has 0 unspecified atom stereocenters. The van der Waals surface area contributed by atoms with E-state index in [-0.39, 0.29) is 12.5 Å². The Morgan fingerprint density at radius 2 is 1.71 bits per heavy atom. The van der Waals surface area contributed by atoms with Crippen molar-refractivity contribution in [1.82, 2.24) is 10.5 Å². The van der Waals surface area contributed by atoms with Crippen LogP contribution in [0.1, 0.15) is 16.1 Å². The Kier molecular flexibility index (Phi) is 5.09. The number of benzene rings is 2. The van der Waals surface area contributed by atoms with Crippen LogP contribution in [0.25, 0.3) is 11.3 Å². The van der Waals surface area contributed by atoms with Crippen molar-refractivity contribution in [3.05, 3.63) is 74.9 Å². The number of amides is 1. The van der Waals surface area contributed by atoms with Gasteiger partial charge in [-0.1, -0.05) is 40.0 Å². The molecule has 4 nitrogen and oxygen atoms in total. The fourth-order valence-electron chi connectivity index (χ4n) is 2.09. The van der Waals surface area contributed by atoms with Gasteiger partial charge in [-0.3, -0.25) is 4.79 Å². The molecular formula is C17H11Cl3N2O2. The van der Waals surface area contributed by atoms with E-state index in [9.17, 15) is 4.79 Å². The van der Waals surface area contributed by atoms with Crippen molar-refractivity contribution in [1.29, 1.82) is 0 Å². The third-order valence-electron chi connectivity index (χ3n) is 3.29. The molecule has 2 aromatic carbocycles. The van der Waals surface area contributed by atoms with Crippen LogP contribution in [-0.2, 0) is 6.54 Å². The quantitative estimate of drug-likeness (QED) is 0.673. The summed E-state index contributed by atoms with van der Waals surface area (Å²) in [5, 5.41) is 8.09. The maximum absolute atomic E-state index is 12.2. The Morgan fingerprint density at radius 1 is 1.00 bits per heavy atom. The molecule has 1 amide bonds. The number of nitrogens with one attached hydrogen (secondary N) is 1. The summed E-state index contributed by atoms with van der Waals surface area (Å²) in [6.07, 6.45) is 0. The van der Waals surface area contributed by atoms with Crippen molar-refractivity contribution in [2.45, 2.75) is 6.54 Å². The van der Waals surface area contributed by atoms with E-state index in [4.69, 9.17) is 39.3 Å². The highest BCUT2D eigenvalue weighted by Crippen LogP contribution is 2.23. The number of hydrogen-bond donors (Lipinski definition) is 1. The minimum Gasteiger partial charge on any atom is -0.356 e. The topological polar surface area (TPSA) is 55.1 Å². The second kappa shape index (κ2) is 7.26. The Bertz CT molecular complexity index is 876. The van der Waals surface area contributed by atoms with Gasteiger partial charge in [-0.25, -0.2) is 0 Å². The zero-order valence-corrected chi connectivity index (χ0v) is 14.5. The molecule has 1 aromatic heterocycles. The molecular weight excluding hydrogens is 371 g/mol. The van der Waals surface area contributed by atoms with Gasteiger partial charge in [0, 0.05) is 21.7 Å². The molecule has 122 valence electrons. The van der Waals surface area contributed by atoms with Crippen LogP contribution < -0.4 is 5.32 Å². The van der Waals surface area contributed by atoms with Crippen molar-refractivity contribution < 1.29 is 9.32 Å². The number of halogens is 3. The van der Waals surface area contributed by atoms with E-state index in [2.05, 4.69) is 10.5 Å². The van der Waals surface area contributed by atoms with E-state index in [0.29, 0.717) is 32.1 Å². The largest absolute Gasteiger partial charge is 0.356 e. The maximum atomic E-state index is 12.2. The van der Waals surface area contributed by atoms with E-state index in [0.717, 1.165) is 5.56 Å². The van der Waals surface area contributed by atoms with Crippen LogP contribution in [0.15, 0.2) is 53.1 Å². The van der Waals surface area contributed by atoms with Gasteiger partial charge in [0.05, 0.1) is 17.1 Å². The number of nitrogens with zero attached hydrogens (tertiary/aromatic N) is 1. The van der Waals surface area contributed by atoms with Gasteiger partial charge in [0.1, 0.15) is 5.69 Å². The molecule has 0 atom stereocenters. The molecule has 1 heterocycles. The fraction of sp³-hybridized carbons (Fsp3) is 0.0588. The molecule has 0 aliphatic heterocycles. The van der Waals surface area contributed by atoms with Gasteiger partial charge in [0.25, 0.3) is 5.91 Å². The molecule has 3 rings (SSSR count). The molecule has 0 bridgehead atoms. The van der Waals surface area contributed by atoms with Gasteiger partial charge in [-0.05, 0) is 42.5 Å². The average Bonchev–Trinajstić information content (AvgIpc) is 3.02. The van der Waals surface area contributed by atoms with E-state index < -0.39 is 0 Å². The minimum atomic E-state index is -0.312. The summed E-state index contributed by atoms with van der Waals surface area (Å²) in [4.78, 5) is 12.2. The summed E-state index contributed by atoms with van der Waals surface area (Å²) >= 11 is 17.7. The number of aromatic nitrogens is 1. The first-order valence-corrected chi connectivity index (χ1v) is 8.11. The smallest absolute Gasteiger partial charge is 0.253 e. The third kappa shape index (κ3) is 3.90. The monoisotopic (exact) mass is 380 g/mol. The number of hydrogen-bond acceptors (Lipinski definition) is 3. The number of rotatable bonds is 4. The molecule has 0 aliphatic rings. The normalized spacial score (nSPS) is 10.6. The molecule has 0 spiro atoms. The van der Waals surface area contributed by atoms with Crippen LogP contribution >= 0.6 is 34.8 Å². The molecule has 0 aliphatic carbocycles. The maximum Gasteiger partial charge on any atom is 0.253 e. The van der Waals surface area contributed by atoms with Gasteiger partial charge >= 0.3 is 0 Å². The van der Waals surface area contributed by atoms with Crippen molar-refractivity contribution in [2.24, 2.45) is 0 Å². The molecule has 0 saturated heterocycles. The standard InChI is InChI=1S/C17H11Cl3N2O2/c18-11-3-1-10(2-4-11)16-8-13(22-24-16)9-21-17(23)14-6-5-12(19)7-15(14)20/h1-8H,9H2,(H,21,23). The van der Waals surface area contributed by atoms with Gasteiger partial charge in [-0.2, -0.15) is 0 Å². The molecule has 7 heteroatoms. The lowest BCUT2D eigenvalue weighted by molar-refractivity contribution is 0.0950. The third-order valence-corrected chi connectivity index (χ3v) is 4.09. The highest BCUT2D eigenvalue weighted by molar-refractivity contribution is 6.36. The lowest BCUT2D eigenvalue weighted by atomic mass is 10.1. The van der Waals surface area contributed by atoms with Crippen LogP contribution in [0, 0.1) is 0 Å². The highest BCUT2D eigenvalue weighted by Gasteiger charge is 2.12. The van der Waals surface area contributed by atoms with Crippen LogP contribution in [0.3, 0.4) is 0 Å². The first kappa shape index (κ1) is 16.8. The molecule has 3 aromatic rings. The Balaban J connectivity index is 1.67. The van der Waals surface area contributed by atoms with Gasteiger partial charge in [-0.15, -0.1) is 0 Å². The zero-order valence-electron chi connectivity index (χ0n) is 12.2. The van der Waals surface area contributed by atoms with E-state index in [1.807, 2.05) is 12.1 Å². The van der Waals surface area contributed by atoms with Crippen LogP contribution in [0.5, 0.6) is 0 Å². The Labute approximate surface area is 153 Å². The SMILES string of the molecule is O=C(NCc1cc(-c2ccc(Cl)cc2)on1)c1ccc(Cl)cc1Cl. The summed E-state index contributed by atoms with van der Waals surface area (Å²) in [6, 6.07) is 13.7. The van der Waals surface area contributed by atoms with Crippen molar-refractivity contribution in [2.75, 3.05) is 0 Å². The summed E-state index contributed by atoms with van der Waals surface area (Å²) in [6.45, 7) is 0.217. The minimum absolute atomic E-state index is 0.217. The second-order valence-corrected chi connectivity index (χ2v) is 6.28. The van der Waals surface area contributed by atoms with Crippen LogP contribution in [0.2, 0.25) is 15.1 Å². The zero-order chi connectivity index (χ0) is 17.1. The average molecular weight is 382 g/mol. The van der Waals surface area contributed by atoms with E-state index >= 15 is 0 Å². The lowest BCUT2D eigenvalue weighted by Crippen LogP contribution is -2.23. The molecule has 24 heavy (non-hydrogen) atoms. The first-order valence-electron chi connectivity index (χ1n) is 6.98. The molecule has 1 N–H and O–H groups in total. The van der Waals surface area contributed by atoms with Gasteiger partial charge in [0.15, 0.2) is 5.76 Å². The summed E-state index contributed by atoms with van der Waals surface area (Å²) in [5.41, 5.74) is 1.80. The first-order chi connectivity index (χ1) is 11.5. The van der Waals surface area contributed by atoms with Gasteiger partial charge in [0.2, 0.25) is 0 Å². The van der Waals surface area contributed by atoms with E-state index in [1.54, 1.807) is 30.3 Å².